The molecule has 0 heterocycles. The van der Waals surface area contributed by atoms with Gasteiger partial charge in [-0.1, -0.05) is 6.07 Å². The Kier molecular flexibility index (Phi) is 4.47. The summed E-state index contributed by atoms with van der Waals surface area (Å²) in [5, 5.41) is 36.2. The summed E-state index contributed by atoms with van der Waals surface area (Å²) in [5.41, 5.74) is 0.262. The van der Waals surface area contributed by atoms with Crippen LogP contribution in [0.2, 0.25) is 0 Å². The minimum absolute atomic E-state index is 0.0856. The first-order valence-electron chi connectivity index (χ1n) is 4.91. The van der Waals surface area contributed by atoms with Crippen molar-refractivity contribution in [3.63, 3.8) is 0 Å². The number of carbonyl (C=O) groups is 1. The predicted molar refractivity (Wildman–Crippen MR) is 60.5 cm³/mol. The fourth-order valence-electron chi connectivity index (χ4n) is 1.23. The van der Waals surface area contributed by atoms with Crippen LogP contribution >= 0.6 is 0 Å². The predicted octanol–water partition coefficient (Wildman–Crippen LogP) is 0.157. The fraction of sp³-hybridized carbons (Fsp3) is 0.273. The highest BCUT2D eigenvalue weighted by molar-refractivity contribution is 5.77. The highest BCUT2D eigenvalue weighted by Gasteiger charge is 2.13. The molecular weight excluding hydrogens is 226 g/mol. The minimum atomic E-state index is -1.23. The number of aliphatic carboxylic acids is 1. The lowest BCUT2D eigenvalue weighted by Crippen LogP contribution is -2.22. The molecule has 0 aromatic heterocycles. The van der Waals surface area contributed by atoms with E-state index in [2.05, 4.69) is 4.99 Å². The number of hydrogen-bond acceptors (Lipinski definition) is 5. The molecule has 0 amide bonds. The number of carboxylic acid groups (broad SMARTS) is 1. The van der Waals surface area contributed by atoms with E-state index in [-0.39, 0.29) is 23.5 Å². The molecule has 0 saturated heterocycles. The lowest BCUT2D eigenvalue weighted by atomic mass is 10.1. The minimum Gasteiger partial charge on any atom is -0.508 e. The van der Waals surface area contributed by atoms with Gasteiger partial charge in [-0.2, -0.15) is 0 Å². The van der Waals surface area contributed by atoms with Crippen molar-refractivity contribution in [2.45, 2.75) is 12.5 Å². The third kappa shape index (κ3) is 3.46. The SMILES string of the molecule is O=C(O)[C@H](CO)N=CCc1c(O)cccc1O. The first-order valence-corrected chi connectivity index (χ1v) is 4.91. The van der Waals surface area contributed by atoms with Crippen LogP contribution < -0.4 is 0 Å². The maximum atomic E-state index is 10.5. The Morgan fingerprint density at radius 3 is 2.41 bits per heavy atom. The molecule has 6 heteroatoms. The Labute approximate surface area is 97.5 Å². The number of nitrogens with zero attached hydrogens (tertiary/aromatic N) is 1. The number of phenolic OH excluding ortho intramolecular Hbond substituents is 2. The van der Waals surface area contributed by atoms with E-state index >= 15 is 0 Å². The van der Waals surface area contributed by atoms with Gasteiger partial charge in [0.25, 0.3) is 0 Å². The van der Waals surface area contributed by atoms with Crippen LogP contribution in [-0.4, -0.2) is 45.3 Å². The van der Waals surface area contributed by atoms with Crippen LogP contribution in [-0.2, 0) is 11.2 Å². The van der Waals surface area contributed by atoms with E-state index in [1.807, 2.05) is 0 Å². The van der Waals surface area contributed by atoms with Crippen molar-refractivity contribution < 1.29 is 25.2 Å². The van der Waals surface area contributed by atoms with Gasteiger partial charge in [-0.25, -0.2) is 4.79 Å². The van der Waals surface area contributed by atoms with Gasteiger partial charge >= 0.3 is 5.97 Å². The van der Waals surface area contributed by atoms with Gasteiger partial charge in [0, 0.05) is 18.2 Å². The number of aliphatic hydroxyl groups excluding tert-OH is 1. The van der Waals surface area contributed by atoms with Crippen LogP contribution in [0.15, 0.2) is 23.2 Å². The van der Waals surface area contributed by atoms with Gasteiger partial charge in [-0.05, 0) is 12.1 Å². The van der Waals surface area contributed by atoms with Crippen molar-refractivity contribution in [2.75, 3.05) is 6.61 Å². The van der Waals surface area contributed by atoms with E-state index in [0.717, 1.165) is 0 Å². The molecule has 0 spiro atoms. The zero-order chi connectivity index (χ0) is 12.8. The molecule has 0 saturated carbocycles. The van der Waals surface area contributed by atoms with E-state index in [1.165, 1.54) is 24.4 Å². The summed E-state index contributed by atoms with van der Waals surface area (Å²) in [7, 11) is 0. The molecular formula is C11H13NO5. The summed E-state index contributed by atoms with van der Waals surface area (Å²) < 4.78 is 0. The van der Waals surface area contributed by atoms with Gasteiger partial charge in [-0.15, -0.1) is 0 Å². The number of rotatable bonds is 5. The van der Waals surface area contributed by atoms with E-state index in [9.17, 15) is 15.0 Å². The Morgan fingerprint density at radius 1 is 1.35 bits per heavy atom. The Bertz CT molecular complexity index is 410. The number of hydrogen-bond donors (Lipinski definition) is 4. The lowest BCUT2D eigenvalue weighted by molar-refractivity contribution is -0.139. The highest BCUT2D eigenvalue weighted by Crippen LogP contribution is 2.25. The van der Waals surface area contributed by atoms with Crippen molar-refractivity contribution in [2.24, 2.45) is 4.99 Å². The zero-order valence-electron chi connectivity index (χ0n) is 8.95. The molecule has 17 heavy (non-hydrogen) atoms. The third-order valence-corrected chi connectivity index (χ3v) is 2.17. The van der Waals surface area contributed by atoms with E-state index in [1.54, 1.807) is 0 Å². The zero-order valence-corrected chi connectivity index (χ0v) is 8.95. The van der Waals surface area contributed by atoms with Crippen LogP contribution in [0.1, 0.15) is 5.56 Å². The van der Waals surface area contributed by atoms with Crippen LogP contribution in [0, 0.1) is 0 Å². The topological polar surface area (TPSA) is 110 Å². The summed E-state index contributed by atoms with van der Waals surface area (Å²) in [4.78, 5) is 14.2. The smallest absolute Gasteiger partial charge is 0.330 e. The number of phenols is 2. The van der Waals surface area contributed by atoms with Crippen molar-refractivity contribution in [1.29, 1.82) is 0 Å². The summed E-state index contributed by atoms with van der Waals surface area (Å²) in [5.74, 6) is -1.41. The molecule has 6 nitrogen and oxygen atoms in total. The largest absolute Gasteiger partial charge is 0.508 e. The second-order valence-electron chi connectivity index (χ2n) is 3.35. The molecule has 0 fully saturated rings. The second-order valence-corrected chi connectivity index (χ2v) is 3.35. The van der Waals surface area contributed by atoms with Crippen molar-refractivity contribution in [3.05, 3.63) is 23.8 Å². The Morgan fingerprint density at radius 2 is 1.94 bits per heavy atom. The Hall–Kier alpha value is -2.08. The summed E-state index contributed by atoms with van der Waals surface area (Å²) in [6.45, 7) is -0.599. The van der Waals surface area contributed by atoms with Crippen LogP contribution in [0.25, 0.3) is 0 Å². The number of carboxylic acids is 1. The first-order chi connectivity index (χ1) is 8.06. The van der Waals surface area contributed by atoms with Crippen molar-refractivity contribution in [1.82, 2.24) is 0 Å². The first kappa shape index (κ1) is 13.0. The van der Waals surface area contributed by atoms with Crippen molar-refractivity contribution in [3.8, 4) is 11.5 Å². The van der Waals surface area contributed by atoms with Crippen LogP contribution in [0.5, 0.6) is 11.5 Å². The molecule has 92 valence electrons. The quantitative estimate of drug-likeness (QED) is 0.547. The summed E-state index contributed by atoms with van der Waals surface area (Å²) >= 11 is 0. The maximum absolute atomic E-state index is 10.5. The average Bonchev–Trinajstić information content (AvgIpc) is 2.27. The molecule has 1 aromatic carbocycles. The van der Waals surface area contributed by atoms with Gasteiger partial charge in [-0.3, -0.25) is 4.99 Å². The van der Waals surface area contributed by atoms with Gasteiger partial charge < -0.3 is 20.4 Å². The van der Waals surface area contributed by atoms with Crippen molar-refractivity contribution >= 4 is 12.2 Å². The number of aliphatic hydroxyl groups is 1. The average molecular weight is 239 g/mol. The van der Waals surface area contributed by atoms with Gasteiger partial charge in [0.2, 0.25) is 0 Å². The Balaban J connectivity index is 2.73. The molecule has 0 bridgehead atoms. The van der Waals surface area contributed by atoms with E-state index in [0.29, 0.717) is 0 Å². The van der Waals surface area contributed by atoms with E-state index in [4.69, 9.17) is 10.2 Å². The molecule has 4 N–H and O–H groups in total. The molecule has 1 rings (SSSR count). The monoisotopic (exact) mass is 239 g/mol. The molecule has 0 radical (unpaired) electrons. The lowest BCUT2D eigenvalue weighted by Gasteiger charge is -2.05. The third-order valence-electron chi connectivity index (χ3n) is 2.17. The second kappa shape index (κ2) is 5.86. The van der Waals surface area contributed by atoms with Crippen LogP contribution in [0.3, 0.4) is 0 Å². The van der Waals surface area contributed by atoms with Gasteiger partial charge in [0.1, 0.15) is 11.5 Å². The normalized spacial score (nSPS) is 12.8. The summed E-state index contributed by atoms with van der Waals surface area (Å²) in [6.07, 6.45) is 1.33. The molecule has 1 aromatic rings. The van der Waals surface area contributed by atoms with Crippen LogP contribution in [0.4, 0.5) is 0 Å². The number of aliphatic imine (C=N–C) groups is 1. The van der Waals surface area contributed by atoms with E-state index < -0.39 is 18.6 Å². The molecule has 0 unspecified atom stereocenters. The molecule has 0 aliphatic rings. The van der Waals surface area contributed by atoms with Gasteiger partial charge in [0.15, 0.2) is 6.04 Å². The fourth-order valence-corrected chi connectivity index (χ4v) is 1.23. The molecule has 0 aliphatic heterocycles. The summed E-state index contributed by atoms with van der Waals surface area (Å²) in [6, 6.07) is 3.08. The van der Waals surface area contributed by atoms with Gasteiger partial charge in [0.05, 0.1) is 6.61 Å². The molecule has 0 aliphatic carbocycles. The number of aromatic hydroxyl groups is 2. The highest BCUT2D eigenvalue weighted by atomic mass is 16.4. The molecule has 1 atom stereocenters. The standard InChI is InChI=1S/C11H13NO5/c13-6-8(11(16)17)12-5-4-7-9(14)2-1-3-10(7)15/h1-3,5,8,13-15H,4,6H2,(H,16,17)/t8-/m0/s1. The maximum Gasteiger partial charge on any atom is 0.330 e. The number of benzene rings is 1.